The van der Waals surface area contributed by atoms with Crippen molar-refractivity contribution in [3.8, 4) is 28.0 Å². The number of rotatable bonds is 8. The lowest BCUT2D eigenvalue weighted by molar-refractivity contribution is 0.0828. The van der Waals surface area contributed by atoms with Gasteiger partial charge in [-0.2, -0.15) is 0 Å². The smallest absolute Gasteiger partial charge is 0.411 e. The molecule has 5 aromatic rings. The van der Waals surface area contributed by atoms with Crippen LogP contribution in [0.15, 0.2) is 79.6 Å². The molecule has 3 heterocycles. The Kier molecular flexibility index (Phi) is 7.26. The van der Waals surface area contributed by atoms with E-state index >= 15 is 0 Å². The van der Waals surface area contributed by atoms with Crippen LogP contribution in [0.1, 0.15) is 10.4 Å². The number of H-pyrrole nitrogens is 1. The summed E-state index contributed by atoms with van der Waals surface area (Å²) in [6.45, 7) is 0.634. The van der Waals surface area contributed by atoms with E-state index in [-0.39, 0.29) is 12.5 Å². The minimum absolute atomic E-state index is 0.161. The van der Waals surface area contributed by atoms with Crippen molar-refractivity contribution >= 4 is 28.7 Å². The first-order chi connectivity index (χ1) is 18.9. The van der Waals surface area contributed by atoms with Crippen LogP contribution in [0, 0.1) is 0 Å². The summed E-state index contributed by atoms with van der Waals surface area (Å²) in [5.41, 5.74) is 4.93. The zero-order valence-electron chi connectivity index (χ0n) is 21.8. The minimum atomic E-state index is -0.646. The molecule has 0 bridgehead atoms. The molecule has 2 aromatic carbocycles. The fourth-order valence-corrected chi connectivity index (χ4v) is 4.31. The number of amides is 2. The molecule has 2 amide bonds. The number of pyridine rings is 1. The van der Waals surface area contributed by atoms with Crippen LogP contribution in [-0.2, 0) is 11.3 Å². The Balaban J connectivity index is 1.44. The van der Waals surface area contributed by atoms with Gasteiger partial charge in [-0.1, -0.05) is 24.3 Å². The molecule has 10 nitrogen and oxygen atoms in total. The van der Waals surface area contributed by atoms with Crippen molar-refractivity contribution in [1.29, 1.82) is 0 Å². The molecule has 3 aromatic heterocycles. The molecule has 0 aliphatic heterocycles. The van der Waals surface area contributed by atoms with E-state index in [4.69, 9.17) is 9.47 Å². The van der Waals surface area contributed by atoms with Crippen molar-refractivity contribution in [1.82, 2.24) is 24.4 Å². The van der Waals surface area contributed by atoms with Gasteiger partial charge >= 0.3 is 6.09 Å². The van der Waals surface area contributed by atoms with E-state index in [1.807, 2.05) is 42.6 Å². The van der Waals surface area contributed by atoms with Gasteiger partial charge < -0.3 is 23.9 Å². The fraction of sp³-hybridized carbons (Fsp3) is 0.172. The number of ether oxygens (including phenoxy) is 2. The second kappa shape index (κ2) is 11.1. The van der Waals surface area contributed by atoms with Crippen LogP contribution < -0.4 is 10.1 Å². The van der Waals surface area contributed by atoms with Crippen LogP contribution in [0.2, 0.25) is 0 Å². The van der Waals surface area contributed by atoms with E-state index in [1.54, 1.807) is 62.8 Å². The first kappa shape index (κ1) is 25.5. The molecular weight excluding hydrogens is 496 g/mol. The summed E-state index contributed by atoms with van der Waals surface area (Å²) in [7, 11) is 4.97. The molecule has 0 aliphatic carbocycles. The Morgan fingerprint density at radius 2 is 1.92 bits per heavy atom. The van der Waals surface area contributed by atoms with Crippen LogP contribution in [-0.4, -0.2) is 64.2 Å². The number of nitrogens with zero attached hydrogens (tertiary/aromatic N) is 4. The molecule has 0 saturated carbocycles. The van der Waals surface area contributed by atoms with E-state index in [2.05, 4.69) is 20.3 Å². The number of aromatic amines is 1. The second-order valence-electron chi connectivity index (χ2n) is 9.04. The summed E-state index contributed by atoms with van der Waals surface area (Å²) in [4.78, 5) is 38.8. The Hall–Kier alpha value is -5.12. The molecular formula is C29H28N6O4. The maximum atomic E-state index is 13.1. The molecule has 0 spiro atoms. The number of imidazole rings is 1. The third-order valence-electron chi connectivity index (χ3n) is 6.30. The number of para-hydroxylation sites is 1. The minimum Gasteiger partial charge on any atom is -0.496 e. The number of carbonyl (C=O) groups excluding carboxylic acids is 2. The van der Waals surface area contributed by atoms with Crippen LogP contribution in [0.3, 0.4) is 0 Å². The third kappa shape index (κ3) is 5.45. The molecule has 0 radical (unpaired) electrons. The van der Waals surface area contributed by atoms with Gasteiger partial charge in [0.1, 0.15) is 18.0 Å². The number of fused-ring (bicyclic) bond motifs is 1. The van der Waals surface area contributed by atoms with Crippen molar-refractivity contribution in [3.63, 3.8) is 0 Å². The summed E-state index contributed by atoms with van der Waals surface area (Å²) in [5.74, 6) is 0.506. The van der Waals surface area contributed by atoms with Gasteiger partial charge in [0.05, 0.1) is 31.2 Å². The number of hydrogen-bond donors (Lipinski definition) is 2. The van der Waals surface area contributed by atoms with Gasteiger partial charge in [-0.05, 0) is 29.8 Å². The SMILES string of the molecule is COc1ccccc1-c1c[nH]c2ncc(-c3ccc(NC(=O)OCCn4ccnc4)c(C(=O)N(C)C)c3)cc12. The number of methoxy groups -OCH3 is 1. The van der Waals surface area contributed by atoms with Gasteiger partial charge in [0.15, 0.2) is 0 Å². The number of benzene rings is 2. The molecule has 2 N–H and O–H groups in total. The Labute approximate surface area is 225 Å². The van der Waals surface area contributed by atoms with Crippen molar-refractivity contribution in [2.45, 2.75) is 6.54 Å². The molecule has 5 rings (SSSR count). The quantitative estimate of drug-likeness (QED) is 0.294. The van der Waals surface area contributed by atoms with Crippen molar-refractivity contribution < 1.29 is 19.1 Å². The second-order valence-corrected chi connectivity index (χ2v) is 9.04. The summed E-state index contributed by atoms with van der Waals surface area (Å²) < 4.78 is 12.7. The lowest BCUT2D eigenvalue weighted by atomic mass is 9.99. The Morgan fingerprint density at radius 1 is 1.08 bits per heavy atom. The molecule has 0 fully saturated rings. The average Bonchev–Trinajstić information content (AvgIpc) is 3.62. The van der Waals surface area contributed by atoms with E-state index in [1.165, 1.54) is 4.90 Å². The molecule has 10 heteroatoms. The highest BCUT2D eigenvalue weighted by Gasteiger charge is 2.18. The summed E-state index contributed by atoms with van der Waals surface area (Å²) in [5, 5.41) is 3.62. The number of carbonyl (C=O) groups is 2. The highest BCUT2D eigenvalue weighted by Crippen LogP contribution is 2.36. The topological polar surface area (TPSA) is 114 Å². The van der Waals surface area contributed by atoms with Gasteiger partial charge in [-0.25, -0.2) is 14.8 Å². The third-order valence-corrected chi connectivity index (χ3v) is 6.30. The maximum absolute atomic E-state index is 13.1. The Morgan fingerprint density at radius 3 is 2.69 bits per heavy atom. The molecule has 198 valence electrons. The predicted molar refractivity (Wildman–Crippen MR) is 149 cm³/mol. The largest absolute Gasteiger partial charge is 0.496 e. The van der Waals surface area contributed by atoms with Gasteiger partial charge in [0.2, 0.25) is 0 Å². The summed E-state index contributed by atoms with van der Waals surface area (Å²) in [6.07, 6.45) is 8.10. The molecule has 0 aliphatic rings. The van der Waals surface area contributed by atoms with Crippen molar-refractivity contribution in [2.24, 2.45) is 0 Å². The summed E-state index contributed by atoms with van der Waals surface area (Å²) >= 11 is 0. The maximum Gasteiger partial charge on any atom is 0.411 e. The lowest BCUT2D eigenvalue weighted by Crippen LogP contribution is -2.24. The van der Waals surface area contributed by atoms with E-state index in [0.29, 0.717) is 17.8 Å². The van der Waals surface area contributed by atoms with Gasteiger partial charge in [-0.15, -0.1) is 0 Å². The monoisotopic (exact) mass is 524 g/mol. The number of aromatic nitrogens is 4. The molecule has 0 atom stereocenters. The highest BCUT2D eigenvalue weighted by atomic mass is 16.5. The Bertz CT molecular complexity index is 1620. The number of nitrogens with one attached hydrogen (secondary N) is 2. The van der Waals surface area contributed by atoms with Crippen LogP contribution in [0.4, 0.5) is 10.5 Å². The first-order valence-corrected chi connectivity index (χ1v) is 12.3. The van der Waals surface area contributed by atoms with E-state index < -0.39 is 6.09 Å². The molecule has 0 saturated heterocycles. The van der Waals surface area contributed by atoms with Gasteiger partial charge in [0.25, 0.3) is 5.91 Å². The zero-order valence-corrected chi connectivity index (χ0v) is 21.8. The number of anilines is 1. The van der Waals surface area contributed by atoms with Crippen LogP contribution in [0.25, 0.3) is 33.3 Å². The highest BCUT2D eigenvalue weighted by molar-refractivity contribution is 6.04. The normalized spacial score (nSPS) is 10.8. The van der Waals surface area contributed by atoms with Crippen LogP contribution in [0.5, 0.6) is 5.75 Å². The lowest BCUT2D eigenvalue weighted by Gasteiger charge is -2.16. The van der Waals surface area contributed by atoms with E-state index in [9.17, 15) is 9.59 Å². The van der Waals surface area contributed by atoms with Crippen molar-refractivity contribution in [3.05, 3.63) is 85.2 Å². The summed E-state index contributed by atoms with van der Waals surface area (Å²) in [6, 6.07) is 15.1. The zero-order chi connectivity index (χ0) is 27.4. The van der Waals surface area contributed by atoms with Gasteiger partial charge in [0, 0.05) is 61.0 Å². The van der Waals surface area contributed by atoms with E-state index in [0.717, 1.165) is 39.0 Å². The molecule has 39 heavy (non-hydrogen) atoms. The molecule has 0 unspecified atom stereocenters. The number of hydrogen-bond acceptors (Lipinski definition) is 6. The van der Waals surface area contributed by atoms with Crippen LogP contribution >= 0.6 is 0 Å². The standard InChI is InChI=1S/C29H28N6O4/c1-34(2)28(36)23-14-19(8-9-25(23)33-29(37)39-13-12-35-11-10-30-18-35)20-15-22-24(17-32-27(22)31-16-20)21-6-4-5-7-26(21)38-3/h4-11,14-18H,12-13H2,1-3H3,(H,31,32)(H,33,37). The fourth-order valence-electron chi connectivity index (χ4n) is 4.31. The van der Waals surface area contributed by atoms with Crippen molar-refractivity contribution in [2.75, 3.05) is 33.1 Å². The van der Waals surface area contributed by atoms with Gasteiger partial charge in [-0.3, -0.25) is 10.1 Å². The average molecular weight is 525 g/mol. The predicted octanol–water partition coefficient (Wildman–Crippen LogP) is 5.05. The first-order valence-electron chi connectivity index (χ1n) is 12.3.